The second-order valence-corrected chi connectivity index (χ2v) is 3.76. The molecule has 64 valence electrons. The molecule has 0 spiro atoms. The minimum atomic E-state index is 0.321. The van der Waals surface area contributed by atoms with Crippen molar-refractivity contribution in [1.29, 1.82) is 0 Å². The van der Waals surface area contributed by atoms with E-state index in [0.717, 1.165) is 25.4 Å². The SMILES string of the molecule is OCC1CCCOC1C1CC1. The summed E-state index contributed by atoms with van der Waals surface area (Å²) < 4.78 is 5.65. The first-order valence-electron chi connectivity index (χ1n) is 4.64. The Morgan fingerprint density at radius 3 is 2.73 bits per heavy atom. The van der Waals surface area contributed by atoms with Crippen molar-refractivity contribution in [2.45, 2.75) is 31.8 Å². The van der Waals surface area contributed by atoms with Crippen LogP contribution in [-0.2, 0) is 4.74 Å². The number of hydrogen-bond acceptors (Lipinski definition) is 2. The van der Waals surface area contributed by atoms with Crippen LogP contribution >= 0.6 is 0 Å². The largest absolute Gasteiger partial charge is 0.396 e. The van der Waals surface area contributed by atoms with E-state index in [0.29, 0.717) is 18.6 Å². The molecule has 2 heteroatoms. The Morgan fingerprint density at radius 1 is 1.27 bits per heavy atom. The van der Waals surface area contributed by atoms with Gasteiger partial charge in [0.2, 0.25) is 0 Å². The summed E-state index contributed by atoms with van der Waals surface area (Å²) in [5.74, 6) is 1.23. The van der Waals surface area contributed by atoms with Gasteiger partial charge in [-0.3, -0.25) is 0 Å². The van der Waals surface area contributed by atoms with E-state index >= 15 is 0 Å². The molecular weight excluding hydrogens is 140 g/mol. The smallest absolute Gasteiger partial charge is 0.0653 e. The first-order chi connectivity index (χ1) is 5.42. The molecule has 2 aliphatic rings. The average Bonchev–Trinajstić information content (AvgIpc) is 2.87. The van der Waals surface area contributed by atoms with Crippen molar-refractivity contribution < 1.29 is 9.84 Å². The Kier molecular flexibility index (Phi) is 2.14. The number of aliphatic hydroxyl groups is 1. The van der Waals surface area contributed by atoms with Gasteiger partial charge < -0.3 is 9.84 Å². The standard InChI is InChI=1S/C9H16O2/c10-6-8-2-1-5-11-9(8)7-3-4-7/h7-10H,1-6H2. The third kappa shape index (κ3) is 1.57. The molecule has 0 aromatic carbocycles. The number of hydrogen-bond donors (Lipinski definition) is 1. The lowest BCUT2D eigenvalue weighted by Gasteiger charge is -2.30. The molecule has 1 saturated heterocycles. The highest BCUT2D eigenvalue weighted by atomic mass is 16.5. The topological polar surface area (TPSA) is 29.5 Å². The summed E-state index contributed by atoms with van der Waals surface area (Å²) in [5, 5.41) is 9.06. The third-order valence-corrected chi connectivity index (χ3v) is 2.82. The van der Waals surface area contributed by atoms with Gasteiger partial charge in [0.1, 0.15) is 0 Å². The van der Waals surface area contributed by atoms with Crippen LogP contribution in [0.1, 0.15) is 25.7 Å². The maximum Gasteiger partial charge on any atom is 0.0653 e. The zero-order chi connectivity index (χ0) is 7.68. The summed E-state index contributed by atoms with van der Waals surface area (Å²) in [5.41, 5.74) is 0. The van der Waals surface area contributed by atoms with Crippen LogP contribution in [0.5, 0.6) is 0 Å². The van der Waals surface area contributed by atoms with Crippen LogP contribution in [0.4, 0.5) is 0 Å². The van der Waals surface area contributed by atoms with Crippen LogP contribution in [0.3, 0.4) is 0 Å². The molecule has 11 heavy (non-hydrogen) atoms. The molecule has 0 bridgehead atoms. The van der Waals surface area contributed by atoms with Crippen LogP contribution in [0.2, 0.25) is 0 Å². The molecule has 1 aliphatic heterocycles. The fraction of sp³-hybridized carbons (Fsp3) is 1.00. The van der Waals surface area contributed by atoms with Crippen LogP contribution in [0, 0.1) is 11.8 Å². The van der Waals surface area contributed by atoms with Gasteiger partial charge >= 0.3 is 0 Å². The minimum absolute atomic E-state index is 0.321. The highest BCUT2D eigenvalue weighted by Crippen LogP contribution is 2.40. The summed E-state index contributed by atoms with van der Waals surface area (Å²) in [6, 6.07) is 0. The lowest BCUT2D eigenvalue weighted by molar-refractivity contribution is -0.0552. The normalized spacial score (nSPS) is 39.0. The summed E-state index contributed by atoms with van der Waals surface area (Å²) in [6.07, 6.45) is 5.34. The summed E-state index contributed by atoms with van der Waals surface area (Å²) in [7, 11) is 0. The third-order valence-electron chi connectivity index (χ3n) is 2.82. The fourth-order valence-corrected chi connectivity index (χ4v) is 2.01. The van der Waals surface area contributed by atoms with E-state index in [1.165, 1.54) is 12.8 Å². The van der Waals surface area contributed by atoms with Gasteiger partial charge in [0, 0.05) is 19.1 Å². The van der Waals surface area contributed by atoms with Crippen LogP contribution < -0.4 is 0 Å². The molecular formula is C9H16O2. The van der Waals surface area contributed by atoms with Crippen molar-refractivity contribution in [1.82, 2.24) is 0 Å². The van der Waals surface area contributed by atoms with Gasteiger partial charge in [-0.2, -0.15) is 0 Å². The Balaban J connectivity index is 1.91. The van der Waals surface area contributed by atoms with Crippen molar-refractivity contribution in [2.75, 3.05) is 13.2 Å². The van der Waals surface area contributed by atoms with Gasteiger partial charge in [0.25, 0.3) is 0 Å². The van der Waals surface area contributed by atoms with Crippen molar-refractivity contribution in [3.05, 3.63) is 0 Å². The van der Waals surface area contributed by atoms with E-state index < -0.39 is 0 Å². The molecule has 0 radical (unpaired) electrons. The molecule has 2 atom stereocenters. The molecule has 0 amide bonds. The van der Waals surface area contributed by atoms with Gasteiger partial charge in [-0.15, -0.1) is 0 Å². The molecule has 1 aliphatic carbocycles. The lowest BCUT2D eigenvalue weighted by atomic mass is 9.92. The molecule has 2 nitrogen and oxygen atoms in total. The van der Waals surface area contributed by atoms with Gasteiger partial charge in [-0.25, -0.2) is 0 Å². The number of ether oxygens (including phenoxy) is 1. The summed E-state index contributed by atoms with van der Waals surface area (Å²) >= 11 is 0. The summed E-state index contributed by atoms with van der Waals surface area (Å²) in [6.45, 7) is 1.23. The van der Waals surface area contributed by atoms with Crippen LogP contribution in [-0.4, -0.2) is 24.4 Å². The van der Waals surface area contributed by atoms with Gasteiger partial charge in [-0.05, 0) is 31.6 Å². The maximum atomic E-state index is 9.06. The summed E-state index contributed by atoms with van der Waals surface area (Å²) in [4.78, 5) is 0. The van der Waals surface area contributed by atoms with Crippen molar-refractivity contribution in [3.8, 4) is 0 Å². The predicted molar refractivity (Wildman–Crippen MR) is 42.3 cm³/mol. The first kappa shape index (κ1) is 7.56. The minimum Gasteiger partial charge on any atom is -0.396 e. The monoisotopic (exact) mass is 156 g/mol. The quantitative estimate of drug-likeness (QED) is 0.650. The molecule has 2 fully saturated rings. The molecule has 0 aromatic heterocycles. The van der Waals surface area contributed by atoms with Crippen molar-refractivity contribution >= 4 is 0 Å². The van der Waals surface area contributed by atoms with E-state index in [1.54, 1.807) is 0 Å². The molecule has 1 heterocycles. The molecule has 2 rings (SSSR count). The molecule has 0 aromatic rings. The van der Waals surface area contributed by atoms with E-state index in [4.69, 9.17) is 9.84 Å². The van der Waals surface area contributed by atoms with E-state index in [1.807, 2.05) is 0 Å². The van der Waals surface area contributed by atoms with E-state index in [9.17, 15) is 0 Å². The fourth-order valence-electron chi connectivity index (χ4n) is 2.01. The average molecular weight is 156 g/mol. The number of aliphatic hydroxyl groups excluding tert-OH is 1. The Labute approximate surface area is 67.6 Å². The van der Waals surface area contributed by atoms with Crippen LogP contribution in [0.15, 0.2) is 0 Å². The number of rotatable bonds is 2. The highest BCUT2D eigenvalue weighted by molar-refractivity contribution is 4.88. The first-order valence-corrected chi connectivity index (χ1v) is 4.64. The predicted octanol–water partition coefficient (Wildman–Crippen LogP) is 1.18. The lowest BCUT2D eigenvalue weighted by Crippen LogP contribution is -2.33. The van der Waals surface area contributed by atoms with Gasteiger partial charge in [0.05, 0.1) is 6.10 Å². The van der Waals surface area contributed by atoms with E-state index in [2.05, 4.69) is 0 Å². The Morgan fingerprint density at radius 2 is 2.09 bits per heavy atom. The van der Waals surface area contributed by atoms with Crippen molar-refractivity contribution in [2.24, 2.45) is 11.8 Å². The maximum absolute atomic E-state index is 9.06. The van der Waals surface area contributed by atoms with Crippen molar-refractivity contribution in [3.63, 3.8) is 0 Å². The molecule has 1 N–H and O–H groups in total. The highest BCUT2D eigenvalue weighted by Gasteiger charge is 2.38. The zero-order valence-corrected chi connectivity index (χ0v) is 6.83. The Hall–Kier alpha value is -0.0800. The van der Waals surface area contributed by atoms with E-state index in [-0.39, 0.29) is 0 Å². The van der Waals surface area contributed by atoms with Gasteiger partial charge in [-0.1, -0.05) is 0 Å². The zero-order valence-electron chi connectivity index (χ0n) is 6.83. The molecule has 2 unspecified atom stereocenters. The van der Waals surface area contributed by atoms with Crippen LogP contribution in [0.25, 0.3) is 0 Å². The van der Waals surface area contributed by atoms with Gasteiger partial charge in [0.15, 0.2) is 0 Å². The second kappa shape index (κ2) is 3.11. The molecule has 1 saturated carbocycles. The Bertz CT molecular complexity index is 132. The second-order valence-electron chi connectivity index (χ2n) is 3.76.